The summed E-state index contributed by atoms with van der Waals surface area (Å²) >= 11 is 0. The van der Waals surface area contributed by atoms with Crippen molar-refractivity contribution in [2.45, 2.75) is 20.1 Å². The smallest absolute Gasteiger partial charge is 0.198 e. The minimum atomic E-state index is 0. The van der Waals surface area contributed by atoms with Gasteiger partial charge in [-0.3, -0.25) is 0 Å². The van der Waals surface area contributed by atoms with Crippen LogP contribution in [0.25, 0.3) is 0 Å². The average molecular weight is 139 g/mol. The van der Waals surface area contributed by atoms with Gasteiger partial charge in [0.1, 0.15) is 0 Å². The quantitative estimate of drug-likeness (QED) is 0.398. The first-order chi connectivity index (χ1) is 2.80. The normalized spacial score (nSPS) is 19.3. The molecule has 1 aliphatic rings. The molecule has 7 heavy (non-hydrogen) atoms. The molecule has 41 valence electrons. The Balaban J connectivity index is 0.000000360. The van der Waals surface area contributed by atoms with Gasteiger partial charge in [-0.05, 0) is 0 Å². The van der Waals surface area contributed by atoms with E-state index in [9.17, 15) is 0 Å². The van der Waals surface area contributed by atoms with Gasteiger partial charge < -0.3 is 0 Å². The molecule has 3 heteroatoms. The summed E-state index contributed by atoms with van der Waals surface area (Å²) < 4.78 is 0. The predicted octanol–water partition coefficient (Wildman–Crippen LogP) is 0.928. The maximum absolute atomic E-state index is 4.47. The number of hydrogen-bond donors (Lipinski definition) is 0. The van der Waals surface area contributed by atoms with Crippen molar-refractivity contribution in [3.63, 3.8) is 0 Å². The fourth-order valence-corrected chi connectivity index (χ4v) is 0.254. The molecule has 0 aromatic carbocycles. The van der Waals surface area contributed by atoms with E-state index in [4.69, 9.17) is 0 Å². The van der Waals surface area contributed by atoms with E-state index in [1.165, 1.54) is 0 Å². The zero-order valence-corrected chi connectivity index (χ0v) is 5.82. The van der Waals surface area contributed by atoms with Crippen LogP contribution in [-0.4, -0.2) is 6.29 Å². The second kappa shape index (κ2) is 2.72. The molecular weight excluding hydrogens is 131 g/mol. The van der Waals surface area contributed by atoms with E-state index in [1.54, 1.807) is 0 Å². The molecule has 1 rings (SSSR count). The molecule has 1 saturated heterocycles. The molecule has 0 bridgehead atoms. The van der Waals surface area contributed by atoms with E-state index < -0.39 is 0 Å². The Morgan fingerprint density at radius 3 is 1.71 bits per heavy atom. The minimum absolute atomic E-state index is 0. The Bertz CT molecular complexity index is 51.7. The van der Waals surface area contributed by atoms with E-state index >= 15 is 0 Å². The van der Waals surface area contributed by atoms with Crippen LogP contribution in [0, 0.1) is 5.92 Å². The molecule has 0 N–H and O–H groups in total. The third kappa shape index (κ3) is 2.34. The third-order valence-electron chi connectivity index (χ3n) is 0.752. The molecule has 0 aliphatic carbocycles. The van der Waals surface area contributed by atoms with Gasteiger partial charge in [0, 0.05) is 24.5 Å². The predicted molar refractivity (Wildman–Crippen MR) is 20.8 cm³/mol. The van der Waals surface area contributed by atoms with Gasteiger partial charge in [0.05, 0.1) is 0 Å². The summed E-state index contributed by atoms with van der Waals surface area (Å²) in [7, 11) is 0. The van der Waals surface area contributed by atoms with Crippen molar-refractivity contribution in [2.24, 2.45) is 5.92 Å². The Morgan fingerprint density at radius 2 is 1.71 bits per heavy atom. The Kier molecular flexibility index (Phi) is 2.92. The summed E-state index contributed by atoms with van der Waals surface area (Å²) in [5, 5.41) is 0. The second-order valence-corrected chi connectivity index (χ2v) is 1.80. The summed E-state index contributed by atoms with van der Waals surface area (Å²) in [4.78, 5) is 8.94. The summed E-state index contributed by atoms with van der Waals surface area (Å²) in [5.74, 6) is 0.519. The molecule has 1 radical (unpaired) electrons. The first-order valence-electron chi connectivity index (χ1n) is 2.13. The van der Waals surface area contributed by atoms with Gasteiger partial charge in [0.25, 0.3) is 0 Å². The van der Waals surface area contributed by atoms with Gasteiger partial charge in [-0.15, -0.1) is 0 Å². The summed E-state index contributed by atoms with van der Waals surface area (Å²) in [6.45, 7) is 4.11. The summed E-state index contributed by atoms with van der Waals surface area (Å²) in [6, 6.07) is 0. The van der Waals surface area contributed by atoms with Crippen LogP contribution in [0.3, 0.4) is 0 Å². The van der Waals surface area contributed by atoms with Crippen molar-refractivity contribution in [1.82, 2.24) is 0 Å². The topological polar surface area (TPSA) is 25.1 Å². The van der Waals surface area contributed by atoms with Crippen LogP contribution >= 0.6 is 0 Å². The standard InChI is InChI=1S/C4H8O2.V/c1-3(2)4-5-6-4;/h3-4H,1-2H3;. The molecular formula is C4H8O2V. The van der Waals surface area contributed by atoms with Gasteiger partial charge >= 0.3 is 0 Å². The fourth-order valence-electron chi connectivity index (χ4n) is 0.254. The van der Waals surface area contributed by atoms with Crippen LogP contribution in [-0.2, 0) is 28.3 Å². The molecule has 0 aromatic rings. The molecule has 0 saturated carbocycles. The summed E-state index contributed by atoms with van der Waals surface area (Å²) in [6.07, 6.45) is 0.102. The van der Waals surface area contributed by atoms with Crippen molar-refractivity contribution >= 4 is 0 Å². The molecule has 1 heterocycles. The van der Waals surface area contributed by atoms with Gasteiger partial charge in [0.15, 0.2) is 0 Å². The van der Waals surface area contributed by atoms with E-state index in [0.717, 1.165) is 0 Å². The molecule has 0 unspecified atom stereocenters. The molecule has 1 aliphatic heterocycles. The minimum Gasteiger partial charge on any atom is -0.198 e. The van der Waals surface area contributed by atoms with Gasteiger partial charge in [0.2, 0.25) is 6.29 Å². The number of hydrogen-bond acceptors (Lipinski definition) is 2. The van der Waals surface area contributed by atoms with Crippen molar-refractivity contribution in [2.75, 3.05) is 0 Å². The third-order valence-corrected chi connectivity index (χ3v) is 0.752. The van der Waals surface area contributed by atoms with E-state index in [2.05, 4.69) is 23.6 Å². The van der Waals surface area contributed by atoms with Gasteiger partial charge in [-0.2, -0.15) is 9.78 Å². The Morgan fingerprint density at radius 1 is 1.29 bits per heavy atom. The molecule has 1 fully saturated rings. The molecule has 0 aromatic heterocycles. The van der Waals surface area contributed by atoms with Crippen LogP contribution in [0.15, 0.2) is 0 Å². The Labute approximate surface area is 55.0 Å². The Hall–Kier alpha value is 0.504. The monoisotopic (exact) mass is 139 g/mol. The molecule has 2 nitrogen and oxygen atoms in total. The zero-order chi connectivity index (χ0) is 4.57. The first-order valence-corrected chi connectivity index (χ1v) is 2.13. The maximum Gasteiger partial charge on any atom is 0.226 e. The molecule has 0 atom stereocenters. The van der Waals surface area contributed by atoms with Crippen LogP contribution in [0.2, 0.25) is 0 Å². The molecule has 0 spiro atoms. The van der Waals surface area contributed by atoms with Crippen molar-refractivity contribution in [3.05, 3.63) is 0 Å². The van der Waals surface area contributed by atoms with Crippen LogP contribution in [0.1, 0.15) is 13.8 Å². The van der Waals surface area contributed by atoms with Crippen LogP contribution in [0.5, 0.6) is 0 Å². The van der Waals surface area contributed by atoms with Gasteiger partial charge in [-0.25, -0.2) is 0 Å². The SMILES string of the molecule is CC(C)C1OO1.[V]. The fraction of sp³-hybridized carbons (Fsp3) is 1.00. The van der Waals surface area contributed by atoms with Crippen molar-refractivity contribution < 1.29 is 28.3 Å². The van der Waals surface area contributed by atoms with Crippen molar-refractivity contribution in [3.8, 4) is 0 Å². The zero-order valence-electron chi connectivity index (χ0n) is 4.42. The average Bonchev–Trinajstić information content (AvgIpc) is 2.06. The number of rotatable bonds is 1. The molecule has 0 amide bonds. The maximum atomic E-state index is 4.47. The largest absolute Gasteiger partial charge is 0.226 e. The van der Waals surface area contributed by atoms with E-state index in [1.807, 2.05) is 0 Å². The second-order valence-electron chi connectivity index (χ2n) is 1.80. The summed E-state index contributed by atoms with van der Waals surface area (Å²) in [5.41, 5.74) is 0. The van der Waals surface area contributed by atoms with Gasteiger partial charge in [-0.1, -0.05) is 13.8 Å². The van der Waals surface area contributed by atoms with Crippen molar-refractivity contribution in [1.29, 1.82) is 0 Å². The van der Waals surface area contributed by atoms with Crippen LogP contribution in [0.4, 0.5) is 0 Å². The van der Waals surface area contributed by atoms with E-state index in [-0.39, 0.29) is 24.8 Å². The first kappa shape index (κ1) is 7.50. The van der Waals surface area contributed by atoms with Crippen LogP contribution < -0.4 is 0 Å². The van der Waals surface area contributed by atoms with E-state index in [0.29, 0.717) is 5.92 Å².